The predicted molar refractivity (Wildman–Crippen MR) is 115 cm³/mol. The number of piperidine rings is 1. The number of likely N-dealkylation sites (tertiary alicyclic amines) is 1. The summed E-state index contributed by atoms with van der Waals surface area (Å²) in [5, 5.41) is 0. The van der Waals surface area contributed by atoms with E-state index in [9.17, 15) is 4.79 Å². The predicted octanol–water partition coefficient (Wildman–Crippen LogP) is 4.58. The average molecular weight is 453 g/mol. The van der Waals surface area contributed by atoms with Gasteiger partial charge < -0.3 is 19.3 Å². The molecular formula is C22H33BrN2O3. The highest BCUT2D eigenvalue weighted by Crippen LogP contribution is 2.29. The zero-order valence-electron chi connectivity index (χ0n) is 17.2. The number of carbonyl (C=O) groups excluding carboxylic acids is 1. The Kier molecular flexibility index (Phi) is 8.03. The van der Waals surface area contributed by atoms with Crippen molar-refractivity contribution in [3.63, 3.8) is 0 Å². The van der Waals surface area contributed by atoms with E-state index in [0.29, 0.717) is 12.5 Å². The first-order valence-corrected chi connectivity index (χ1v) is 11.3. The van der Waals surface area contributed by atoms with Crippen LogP contribution < -0.4 is 4.74 Å². The first-order chi connectivity index (χ1) is 13.6. The molecule has 2 saturated heterocycles. The molecule has 156 valence electrons. The molecule has 5 nitrogen and oxygen atoms in total. The molecule has 1 aromatic carbocycles. The Hall–Kier alpha value is -1.27. The van der Waals surface area contributed by atoms with Crippen LogP contribution in [0, 0.1) is 11.8 Å². The van der Waals surface area contributed by atoms with Gasteiger partial charge >= 0.3 is 6.09 Å². The molecule has 6 heteroatoms. The van der Waals surface area contributed by atoms with Gasteiger partial charge in [-0.3, -0.25) is 0 Å². The van der Waals surface area contributed by atoms with Crippen LogP contribution in [0.3, 0.4) is 0 Å². The van der Waals surface area contributed by atoms with E-state index in [1.807, 2.05) is 11.0 Å². The number of halogens is 1. The van der Waals surface area contributed by atoms with Crippen molar-refractivity contribution >= 4 is 22.0 Å². The molecule has 28 heavy (non-hydrogen) atoms. The Balaban J connectivity index is 1.40. The average Bonchev–Trinajstić information content (AvgIpc) is 2.71. The van der Waals surface area contributed by atoms with Gasteiger partial charge in [-0.1, -0.05) is 22.9 Å². The van der Waals surface area contributed by atoms with E-state index in [4.69, 9.17) is 9.47 Å². The van der Waals surface area contributed by atoms with Crippen LogP contribution in [0.1, 0.15) is 38.2 Å². The molecule has 1 unspecified atom stereocenters. The molecule has 0 N–H and O–H groups in total. The van der Waals surface area contributed by atoms with Crippen molar-refractivity contribution in [1.82, 2.24) is 9.80 Å². The van der Waals surface area contributed by atoms with Gasteiger partial charge in [-0.15, -0.1) is 0 Å². The van der Waals surface area contributed by atoms with E-state index in [2.05, 4.69) is 39.9 Å². The Morgan fingerprint density at radius 1 is 1.21 bits per heavy atom. The van der Waals surface area contributed by atoms with Gasteiger partial charge in [0.1, 0.15) is 5.75 Å². The van der Waals surface area contributed by atoms with Crippen molar-refractivity contribution in [3.05, 3.63) is 28.2 Å². The van der Waals surface area contributed by atoms with Gasteiger partial charge in [-0.25, -0.2) is 4.79 Å². The second-order valence-electron chi connectivity index (χ2n) is 8.12. The Labute approximate surface area is 177 Å². The minimum atomic E-state index is -0.136. The molecule has 3 rings (SSSR count). The third-order valence-corrected chi connectivity index (χ3v) is 6.77. The lowest BCUT2D eigenvalue weighted by atomic mass is 9.90. The van der Waals surface area contributed by atoms with Crippen molar-refractivity contribution in [2.75, 3.05) is 46.4 Å². The number of methoxy groups -OCH3 is 1. The molecule has 1 aromatic rings. The van der Waals surface area contributed by atoms with Crippen molar-refractivity contribution in [3.8, 4) is 5.75 Å². The Bertz CT molecular complexity index is 647. The second kappa shape index (κ2) is 10.5. The summed E-state index contributed by atoms with van der Waals surface area (Å²) in [4.78, 5) is 16.2. The van der Waals surface area contributed by atoms with E-state index in [0.717, 1.165) is 63.7 Å². The largest absolute Gasteiger partial charge is 0.497 e. The highest BCUT2D eigenvalue weighted by molar-refractivity contribution is 9.10. The molecule has 2 heterocycles. The molecule has 2 aliphatic heterocycles. The lowest BCUT2D eigenvalue weighted by molar-refractivity contribution is 0.0363. The van der Waals surface area contributed by atoms with Crippen LogP contribution in [0.2, 0.25) is 0 Å². The van der Waals surface area contributed by atoms with Crippen LogP contribution in [0.4, 0.5) is 4.79 Å². The summed E-state index contributed by atoms with van der Waals surface area (Å²) in [7, 11) is 1.72. The standard InChI is InChI=1S/C22H33BrN2O3/c1-3-9-25-15-18(16-28-22(25)26)8-12-24-10-6-17(7-11-24)13-19-14-20(27-2)4-5-21(19)23/h4-5,14,17-18H,3,6-13,15-16H2,1-2H3. The van der Waals surface area contributed by atoms with Gasteiger partial charge in [0.2, 0.25) is 0 Å². The van der Waals surface area contributed by atoms with Crippen molar-refractivity contribution in [2.24, 2.45) is 11.8 Å². The normalized spacial score (nSPS) is 21.6. The van der Waals surface area contributed by atoms with Gasteiger partial charge in [-0.2, -0.15) is 0 Å². The quantitative estimate of drug-likeness (QED) is 0.578. The van der Waals surface area contributed by atoms with E-state index in [-0.39, 0.29) is 6.09 Å². The summed E-state index contributed by atoms with van der Waals surface area (Å²) in [5.74, 6) is 2.13. The number of nitrogens with zero attached hydrogens (tertiary/aromatic N) is 2. The topological polar surface area (TPSA) is 42.0 Å². The number of cyclic esters (lactones) is 1. The molecular weight excluding hydrogens is 420 g/mol. The van der Waals surface area contributed by atoms with E-state index in [1.54, 1.807) is 7.11 Å². The summed E-state index contributed by atoms with van der Waals surface area (Å²) in [6.07, 6.45) is 5.55. The van der Waals surface area contributed by atoms with E-state index < -0.39 is 0 Å². The lowest BCUT2D eigenvalue weighted by Crippen LogP contribution is -2.44. The van der Waals surface area contributed by atoms with E-state index in [1.165, 1.54) is 22.9 Å². The van der Waals surface area contributed by atoms with Crippen LogP contribution in [0.15, 0.2) is 22.7 Å². The fourth-order valence-electron chi connectivity index (χ4n) is 4.27. The maximum Gasteiger partial charge on any atom is 0.409 e. The molecule has 0 aromatic heterocycles. The van der Waals surface area contributed by atoms with Crippen molar-refractivity contribution in [1.29, 1.82) is 0 Å². The highest BCUT2D eigenvalue weighted by Gasteiger charge is 2.27. The molecule has 0 spiro atoms. The number of ether oxygens (including phenoxy) is 2. The Morgan fingerprint density at radius 3 is 2.71 bits per heavy atom. The third-order valence-electron chi connectivity index (χ3n) is 6.00. The molecule has 2 aliphatic rings. The molecule has 0 saturated carbocycles. The minimum absolute atomic E-state index is 0.136. The zero-order valence-corrected chi connectivity index (χ0v) is 18.7. The molecule has 0 bridgehead atoms. The van der Waals surface area contributed by atoms with Gasteiger partial charge in [0, 0.05) is 23.5 Å². The summed E-state index contributed by atoms with van der Waals surface area (Å²) in [6, 6.07) is 6.24. The SMILES string of the molecule is CCCN1CC(CCN2CCC(Cc3cc(OC)ccc3Br)CC2)COC1=O. The van der Waals surface area contributed by atoms with E-state index >= 15 is 0 Å². The maximum absolute atomic E-state index is 11.8. The molecule has 0 aliphatic carbocycles. The van der Waals surface area contributed by atoms with Crippen LogP contribution in [-0.2, 0) is 11.2 Å². The van der Waals surface area contributed by atoms with Gasteiger partial charge in [0.05, 0.1) is 13.7 Å². The highest BCUT2D eigenvalue weighted by atomic mass is 79.9. The third kappa shape index (κ3) is 5.86. The van der Waals surface area contributed by atoms with Crippen molar-refractivity contribution < 1.29 is 14.3 Å². The van der Waals surface area contributed by atoms with Crippen LogP contribution in [0.5, 0.6) is 5.75 Å². The lowest BCUT2D eigenvalue weighted by Gasteiger charge is -2.35. The maximum atomic E-state index is 11.8. The number of benzene rings is 1. The Morgan fingerprint density at radius 2 is 2.00 bits per heavy atom. The fraction of sp³-hybridized carbons (Fsp3) is 0.682. The summed E-state index contributed by atoms with van der Waals surface area (Å²) in [6.45, 7) is 7.78. The number of carbonyl (C=O) groups is 1. The van der Waals surface area contributed by atoms with Crippen LogP contribution in [-0.4, -0.2) is 62.3 Å². The molecule has 0 radical (unpaired) electrons. The first kappa shape index (κ1) is 21.4. The summed E-state index contributed by atoms with van der Waals surface area (Å²) < 4.78 is 11.9. The number of hydrogen-bond acceptors (Lipinski definition) is 4. The van der Waals surface area contributed by atoms with Crippen molar-refractivity contribution in [2.45, 2.75) is 39.0 Å². The summed E-state index contributed by atoms with van der Waals surface area (Å²) >= 11 is 3.68. The monoisotopic (exact) mass is 452 g/mol. The van der Waals surface area contributed by atoms with Crippen LogP contribution >= 0.6 is 15.9 Å². The number of hydrogen-bond donors (Lipinski definition) is 0. The molecule has 1 atom stereocenters. The van der Waals surface area contributed by atoms with Gasteiger partial charge in [0.15, 0.2) is 0 Å². The second-order valence-corrected chi connectivity index (χ2v) is 8.98. The first-order valence-electron chi connectivity index (χ1n) is 10.6. The van der Waals surface area contributed by atoms with Gasteiger partial charge in [0.25, 0.3) is 0 Å². The fourth-order valence-corrected chi connectivity index (χ4v) is 4.68. The number of rotatable bonds is 8. The molecule has 2 fully saturated rings. The molecule has 1 amide bonds. The smallest absolute Gasteiger partial charge is 0.409 e. The van der Waals surface area contributed by atoms with Crippen LogP contribution in [0.25, 0.3) is 0 Å². The minimum Gasteiger partial charge on any atom is -0.497 e. The number of amides is 1. The van der Waals surface area contributed by atoms with Gasteiger partial charge in [-0.05, 0) is 81.4 Å². The zero-order chi connectivity index (χ0) is 19.9. The summed E-state index contributed by atoms with van der Waals surface area (Å²) in [5.41, 5.74) is 1.35.